The maximum atomic E-state index is 12.9. The minimum atomic E-state index is -0.657. The smallest absolute Gasteiger partial charge is 0.362 e. The summed E-state index contributed by atoms with van der Waals surface area (Å²) in [6.45, 7) is 3.66. The average Bonchev–Trinajstić information content (AvgIpc) is 3.17. The summed E-state index contributed by atoms with van der Waals surface area (Å²) in [6, 6.07) is 18.7. The number of aromatic nitrogens is 3. The molecule has 5 rings (SSSR count). The molecule has 3 aromatic heterocycles. The van der Waals surface area contributed by atoms with E-state index < -0.39 is 16.7 Å². The third-order valence-corrected chi connectivity index (χ3v) is 5.66. The molecule has 0 atom stereocenters. The Labute approximate surface area is 182 Å². The minimum Gasteiger partial charge on any atom is -0.421 e. The molecular weight excluding hydrogens is 404 g/mol. The Bertz CT molecular complexity index is 1630. The van der Waals surface area contributed by atoms with Crippen molar-refractivity contribution in [2.45, 2.75) is 19.3 Å². The Morgan fingerprint density at radius 1 is 1.06 bits per heavy atom. The topological polar surface area (TPSA) is 105 Å². The lowest BCUT2D eigenvalue weighted by atomic mass is 9.86. The molecule has 0 saturated carbocycles. The molecule has 0 unspecified atom stereocenters. The molecule has 0 aliphatic carbocycles. The molecule has 0 aliphatic rings. The van der Waals surface area contributed by atoms with Gasteiger partial charge in [0, 0.05) is 23.3 Å². The van der Waals surface area contributed by atoms with E-state index in [-0.39, 0.29) is 5.52 Å². The summed E-state index contributed by atoms with van der Waals surface area (Å²) in [5, 5.41) is 10.0. The molecule has 32 heavy (non-hydrogen) atoms. The van der Waals surface area contributed by atoms with Gasteiger partial charge in [-0.05, 0) is 55.3 Å². The number of nitriles is 1. The molecule has 7 heteroatoms. The van der Waals surface area contributed by atoms with E-state index in [1.807, 2.05) is 50.2 Å². The molecule has 156 valence electrons. The number of aromatic amines is 1. The maximum absolute atomic E-state index is 12.9. The van der Waals surface area contributed by atoms with Crippen LogP contribution < -0.4 is 11.3 Å². The fraction of sp³-hybridized carbons (Fsp3) is 0.120. The second kappa shape index (κ2) is 7.06. The van der Waals surface area contributed by atoms with E-state index in [1.165, 1.54) is 4.57 Å². The maximum Gasteiger partial charge on any atom is 0.362 e. The Hall–Kier alpha value is -4.44. The summed E-state index contributed by atoms with van der Waals surface area (Å²) in [7, 11) is 0. The molecule has 2 aromatic carbocycles. The number of fused-ring (bicyclic) bond motifs is 3. The molecule has 1 N–H and O–H groups in total. The van der Waals surface area contributed by atoms with Gasteiger partial charge in [0.05, 0.1) is 22.7 Å². The van der Waals surface area contributed by atoms with Gasteiger partial charge < -0.3 is 4.42 Å². The first-order valence-electron chi connectivity index (χ1n) is 10.0. The van der Waals surface area contributed by atoms with Crippen molar-refractivity contribution in [2.24, 2.45) is 0 Å². The predicted octanol–water partition coefficient (Wildman–Crippen LogP) is 4.29. The van der Waals surface area contributed by atoms with E-state index in [0.717, 1.165) is 16.7 Å². The standard InChI is InChI=1S/C25H18N4O3/c1-25(2,14-26)17-6-8-18(9-7-17)29-22-19-12-15(16-4-3-11-27-13-16)5-10-20(19)32-23(30)21(22)28-24(29)31/h3-13H,1-2H3,(H,28,31). The quantitative estimate of drug-likeness (QED) is 0.437. The molecule has 5 aromatic rings. The van der Waals surface area contributed by atoms with Crippen LogP contribution in [-0.2, 0) is 5.41 Å². The van der Waals surface area contributed by atoms with Crippen molar-refractivity contribution in [1.82, 2.24) is 14.5 Å². The molecule has 0 spiro atoms. The lowest BCUT2D eigenvalue weighted by molar-refractivity contribution is 0.568. The number of nitrogens with one attached hydrogen (secondary N) is 1. The summed E-state index contributed by atoms with van der Waals surface area (Å²) in [5.41, 5.74) is 2.41. The van der Waals surface area contributed by atoms with Crippen LogP contribution in [0.15, 0.2) is 81.0 Å². The zero-order valence-electron chi connectivity index (χ0n) is 17.4. The van der Waals surface area contributed by atoms with Crippen molar-refractivity contribution in [3.05, 3.63) is 93.5 Å². The van der Waals surface area contributed by atoms with Crippen LogP contribution in [0.3, 0.4) is 0 Å². The summed E-state index contributed by atoms with van der Waals surface area (Å²) in [6.07, 6.45) is 3.44. The first-order chi connectivity index (χ1) is 15.4. The highest BCUT2D eigenvalue weighted by Crippen LogP contribution is 2.29. The van der Waals surface area contributed by atoms with Gasteiger partial charge in [0.1, 0.15) is 5.58 Å². The molecule has 3 heterocycles. The van der Waals surface area contributed by atoms with Gasteiger partial charge in [0.25, 0.3) is 0 Å². The van der Waals surface area contributed by atoms with Crippen molar-refractivity contribution in [3.8, 4) is 22.9 Å². The van der Waals surface area contributed by atoms with Gasteiger partial charge in [-0.3, -0.25) is 14.5 Å². The van der Waals surface area contributed by atoms with Crippen molar-refractivity contribution < 1.29 is 4.42 Å². The summed E-state index contributed by atoms with van der Waals surface area (Å²) < 4.78 is 6.92. The lowest BCUT2D eigenvalue weighted by Crippen LogP contribution is -2.16. The van der Waals surface area contributed by atoms with E-state index in [4.69, 9.17) is 4.42 Å². The first-order valence-corrected chi connectivity index (χ1v) is 10.0. The Kier molecular flexibility index (Phi) is 4.31. The number of nitrogens with zero attached hydrogens (tertiary/aromatic N) is 3. The Balaban J connectivity index is 1.80. The molecule has 7 nitrogen and oxygen atoms in total. The number of pyridine rings is 1. The van der Waals surface area contributed by atoms with E-state index in [0.29, 0.717) is 22.2 Å². The monoisotopic (exact) mass is 422 g/mol. The van der Waals surface area contributed by atoms with Crippen molar-refractivity contribution >= 4 is 22.0 Å². The van der Waals surface area contributed by atoms with Gasteiger partial charge in [-0.15, -0.1) is 0 Å². The zero-order chi connectivity index (χ0) is 22.5. The second-order valence-corrected chi connectivity index (χ2v) is 8.12. The van der Waals surface area contributed by atoms with Crippen LogP contribution in [0.25, 0.3) is 38.8 Å². The molecular formula is C25H18N4O3. The normalized spacial score (nSPS) is 11.7. The summed E-state index contributed by atoms with van der Waals surface area (Å²) in [4.78, 5) is 32.3. The highest BCUT2D eigenvalue weighted by molar-refractivity contribution is 6.03. The number of hydrogen-bond donors (Lipinski definition) is 1. The Morgan fingerprint density at radius 2 is 1.84 bits per heavy atom. The van der Waals surface area contributed by atoms with Gasteiger partial charge in [-0.1, -0.05) is 24.3 Å². The van der Waals surface area contributed by atoms with Crippen LogP contribution in [0, 0.1) is 11.3 Å². The first kappa shape index (κ1) is 19.5. The van der Waals surface area contributed by atoms with Crippen LogP contribution in [0.4, 0.5) is 0 Å². The van der Waals surface area contributed by atoms with Crippen LogP contribution in [0.1, 0.15) is 19.4 Å². The SMILES string of the molecule is CC(C)(C#N)c1ccc(-n2c(=O)[nH]c3c(=O)oc4ccc(-c5cccnc5)cc4c32)cc1. The third-order valence-electron chi connectivity index (χ3n) is 5.66. The van der Waals surface area contributed by atoms with E-state index in [1.54, 1.807) is 30.6 Å². The van der Waals surface area contributed by atoms with Crippen LogP contribution in [0.2, 0.25) is 0 Å². The molecule has 0 saturated heterocycles. The number of rotatable bonds is 3. The van der Waals surface area contributed by atoms with Crippen LogP contribution in [-0.4, -0.2) is 14.5 Å². The van der Waals surface area contributed by atoms with Crippen molar-refractivity contribution in [3.63, 3.8) is 0 Å². The van der Waals surface area contributed by atoms with Gasteiger partial charge in [-0.2, -0.15) is 5.26 Å². The molecule has 0 bridgehead atoms. The Morgan fingerprint density at radius 3 is 2.53 bits per heavy atom. The largest absolute Gasteiger partial charge is 0.421 e. The average molecular weight is 422 g/mol. The van der Waals surface area contributed by atoms with Gasteiger partial charge >= 0.3 is 11.3 Å². The van der Waals surface area contributed by atoms with Crippen LogP contribution in [0.5, 0.6) is 0 Å². The van der Waals surface area contributed by atoms with Crippen molar-refractivity contribution in [2.75, 3.05) is 0 Å². The summed E-state index contributed by atoms with van der Waals surface area (Å²) in [5.74, 6) is 0. The fourth-order valence-electron chi connectivity index (χ4n) is 3.84. The number of H-pyrrole nitrogens is 1. The minimum absolute atomic E-state index is 0.104. The number of hydrogen-bond acceptors (Lipinski definition) is 5. The third kappa shape index (κ3) is 3.01. The molecule has 0 amide bonds. The highest BCUT2D eigenvalue weighted by atomic mass is 16.4. The van der Waals surface area contributed by atoms with E-state index >= 15 is 0 Å². The molecule has 0 radical (unpaired) electrons. The molecule has 0 fully saturated rings. The zero-order valence-corrected chi connectivity index (χ0v) is 17.4. The van der Waals surface area contributed by atoms with Gasteiger partial charge in [-0.25, -0.2) is 9.59 Å². The van der Waals surface area contributed by atoms with E-state index in [9.17, 15) is 14.9 Å². The molecule has 0 aliphatic heterocycles. The van der Waals surface area contributed by atoms with Gasteiger partial charge in [0.15, 0.2) is 5.52 Å². The van der Waals surface area contributed by atoms with Gasteiger partial charge in [0.2, 0.25) is 0 Å². The van der Waals surface area contributed by atoms with Crippen LogP contribution >= 0.6 is 0 Å². The number of imidazole rings is 1. The number of benzene rings is 2. The fourth-order valence-corrected chi connectivity index (χ4v) is 3.84. The van der Waals surface area contributed by atoms with Crippen molar-refractivity contribution in [1.29, 1.82) is 5.26 Å². The summed E-state index contributed by atoms with van der Waals surface area (Å²) >= 11 is 0. The lowest BCUT2D eigenvalue weighted by Gasteiger charge is -2.16. The second-order valence-electron chi connectivity index (χ2n) is 8.12. The predicted molar refractivity (Wildman–Crippen MR) is 122 cm³/mol. The highest BCUT2D eigenvalue weighted by Gasteiger charge is 2.21. The van der Waals surface area contributed by atoms with E-state index in [2.05, 4.69) is 16.0 Å².